The minimum atomic E-state index is 0.257. The number of rotatable bonds is 5. The molecular formula is C11H11Cl2N3O2. The van der Waals surface area contributed by atoms with E-state index in [4.69, 9.17) is 32.7 Å². The van der Waals surface area contributed by atoms with Gasteiger partial charge in [0.2, 0.25) is 0 Å². The number of hydrogen-bond acceptors (Lipinski definition) is 4. The predicted octanol–water partition coefficient (Wildman–Crippen LogP) is 2.80. The molecule has 0 spiro atoms. The fraction of sp³-hybridized carbons (Fsp3) is 0.273. The Morgan fingerprint density at radius 3 is 2.83 bits per heavy atom. The van der Waals surface area contributed by atoms with Gasteiger partial charge in [0.1, 0.15) is 6.61 Å². The number of hydrogen-bond donors (Lipinski definition) is 1. The summed E-state index contributed by atoms with van der Waals surface area (Å²) in [5.74, 6) is 0.532. The number of benzene rings is 1. The lowest BCUT2D eigenvalue weighted by Crippen LogP contribution is -2.05. The molecule has 1 N–H and O–H groups in total. The molecule has 7 heteroatoms. The molecule has 1 heterocycles. The molecule has 0 aliphatic rings. The molecule has 0 saturated heterocycles. The van der Waals surface area contributed by atoms with Crippen molar-refractivity contribution in [3.63, 3.8) is 0 Å². The van der Waals surface area contributed by atoms with Crippen LogP contribution in [0.15, 0.2) is 18.2 Å². The van der Waals surface area contributed by atoms with Gasteiger partial charge in [0.25, 0.3) is 0 Å². The first-order valence-corrected chi connectivity index (χ1v) is 5.96. The molecule has 0 fully saturated rings. The quantitative estimate of drug-likeness (QED) is 0.859. The summed E-state index contributed by atoms with van der Waals surface area (Å²) >= 11 is 11.9. The molecule has 0 radical (unpaired) electrons. The third-order valence-electron chi connectivity index (χ3n) is 2.17. The molecule has 18 heavy (non-hydrogen) atoms. The van der Waals surface area contributed by atoms with Crippen molar-refractivity contribution in [2.45, 2.75) is 0 Å². The number of methoxy groups -OCH3 is 1. The lowest BCUT2D eigenvalue weighted by molar-refractivity contribution is 0.141. The van der Waals surface area contributed by atoms with Crippen molar-refractivity contribution in [1.29, 1.82) is 0 Å². The maximum atomic E-state index is 6.07. The van der Waals surface area contributed by atoms with E-state index in [1.807, 2.05) is 0 Å². The second-order valence-corrected chi connectivity index (χ2v) is 4.28. The summed E-state index contributed by atoms with van der Waals surface area (Å²) < 4.78 is 10.1. The Labute approximate surface area is 114 Å². The monoisotopic (exact) mass is 287 g/mol. The Kier molecular flexibility index (Phi) is 4.41. The number of nitrogens with zero attached hydrogens (tertiary/aromatic N) is 2. The molecule has 96 valence electrons. The minimum Gasteiger partial charge on any atom is -0.460 e. The van der Waals surface area contributed by atoms with Crippen LogP contribution in [0.3, 0.4) is 0 Å². The topological polar surface area (TPSA) is 60.0 Å². The zero-order valence-corrected chi connectivity index (χ0v) is 11.1. The Balaban J connectivity index is 2.13. The molecule has 0 unspecified atom stereocenters. The van der Waals surface area contributed by atoms with Crippen molar-refractivity contribution in [1.82, 2.24) is 15.2 Å². The van der Waals surface area contributed by atoms with E-state index in [1.54, 1.807) is 25.3 Å². The van der Waals surface area contributed by atoms with Crippen LogP contribution < -0.4 is 4.74 Å². The second-order valence-electron chi connectivity index (χ2n) is 3.43. The molecular weight excluding hydrogens is 277 g/mol. The highest BCUT2D eigenvalue weighted by Gasteiger charge is 2.10. The number of ether oxygens (including phenoxy) is 2. The normalized spacial score (nSPS) is 10.6. The highest BCUT2D eigenvalue weighted by Crippen LogP contribution is 2.28. The molecule has 5 nitrogen and oxygen atoms in total. The van der Waals surface area contributed by atoms with Crippen LogP contribution in [-0.2, 0) is 4.74 Å². The lowest BCUT2D eigenvalue weighted by Gasteiger charge is -2.00. The van der Waals surface area contributed by atoms with Gasteiger partial charge >= 0.3 is 6.01 Å². The summed E-state index contributed by atoms with van der Waals surface area (Å²) in [7, 11) is 1.60. The van der Waals surface area contributed by atoms with Crippen molar-refractivity contribution in [3.05, 3.63) is 28.2 Å². The van der Waals surface area contributed by atoms with Crippen molar-refractivity contribution >= 4 is 23.2 Å². The van der Waals surface area contributed by atoms with Crippen LogP contribution in [0.1, 0.15) is 0 Å². The van der Waals surface area contributed by atoms with Crippen LogP contribution in [0.2, 0.25) is 10.0 Å². The molecule has 2 aromatic rings. The largest absolute Gasteiger partial charge is 0.460 e. The SMILES string of the molecule is COCCOc1n[nH]c(-c2ccc(Cl)cc2Cl)n1. The highest BCUT2D eigenvalue weighted by molar-refractivity contribution is 6.36. The summed E-state index contributed by atoms with van der Waals surface area (Å²) in [5.41, 5.74) is 0.718. The molecule has 1 aromatic heterocycles. The molecule has 0 saturated carbocycles. The van der Waals surface area contributed by atoms with Gasteiger partial charge in [-0.05, 0) is 18.2 Å². The molecule has 2 rings (SSSR count). The van der Waals surface area contributed by atoms with Gasteiger partial charge in [0.15, 0.2) is 5.82 Å². The van der Waals surface area contributed by atoms with Crippen LogP contribution in [-0.4, -0.2) is 35.5 Å². The predicted molar refractivity (Wildman–Crippen MR) is 69.2 cm³/mol. The Morgan fingerprint density at radius 2 is 2.11 bits per heavy atom. The van der Waals surface area contributed by atoms with Crippen molar-refractivity contribution < 1.29 is 9.47 Å². The van der Waals surface area contributed by atoms with E-state index in [0.29, 0.717) is 29.1 Å². The Bertz CT molecular complexity index is 531. The summed E-state index contributed by atoms with van der Waals surface area (Å²) in [6.07, 6.45) is 0. The minimum absolute atomic E-state index is 0.257. The van der Waals surface area contributed by atoms with Crippen LogP contribution in [0, 0.1) is 0 Å². The van der Waals surface area contributed by atoms with Gasteiger partial charge < -0.3 is 9.47 Å². The first kappa shape index (κ1) is 13.1. The van der Waals surface area contributed by atoms with Crippen molar-refractivity contribution in [2.24, 2.45) is 0 Å². The first-order chi connectivity index (χ1) is 8.70. The number of aromatic amines is 1. The number of nitrogens with one attached hydrogen (secondary N) is 1. The van der Waals surface area contributed by atoms with Crippen LogP contribution in [0.5, 0.6) is 6.01 Å². The summed E-state index contributed by atoms with van der Waals surface area (Å²) in [4.78, 5) is 4.17. The third-order valence-corrected chi connectivity index (χ3v) is 2.72. The molecule has 0 aliphatic heterocycles. The average Bonchev–Trinajstić information content (AvgIpc) is 2.78. The fourth-order valence-electron chi connectivity index (χ4n) is 1.33. The second kappa shape index (κ2) is 6.04. The maximum absolute atomic E-state index is 6.07. The zero-order chi connectivity index (χ0) is 13.0. The van der Waals surface area contributed by atoms with Gasteiger partial charge in [-0.15, -0.1) is 5.10 Å². The number of aromatic nitrogens is 3. The highest BCUT2D eigenvalue weighted by atomic mass is 35.5. The molecule has 0 bridgehead atoms. The van der Waals surface area contributed by atoms with Gasteiger partial charge in [-0.2, -0.15) is 4.98 Å². The average molecular weight is 288 g/mol. The summed E-state index contributed by atoms with van der Waals surface area (Å²) in [6, 6.07) is 5.40. The van der Waals surface area contributed by atoms with Gasteiger partial charge in [-0.3, -0.25) is 5.10 Å². The number of halogens is 2. The Morgan fingerprint density at radius 1 is 1.28 bits per heavy atom. The van der Waals surface area contributed by atoms with Crippen molar-refractivity contribution in [3.8, 4) is 17.4 Å². The Hall–Kier alpha value is -1.30. The maximum Gasteiger partial charge on any atom is 0.335 e. The van der Waals surface area contributed by atoms with E-state index in [2.05, 4.69) is 15.2 Å². The van der Waals surface area contributed by atoms with Crippen LogP contribution >= 0.6 is 23.2 Å². The molecule has 1 aromatic carbocycles. The van der Waals surface area contributed by atoms with E-state index in [9.17, 15) is 0 Å². The van der Waals surface area contributed by atoms with Gasteiger partial charge in [0, 0.05) is 17.7 Å². The van der Waals surface area contributed by atoms with Crippen LogP contribution in [0.4, 0.5) is 0 Å². The van der Waals surface area contributed by atoms with E-state index < -0.39 is 0 Å². The van der Waals surface area contributed by atoms with E-state index in [-0.39, 0.29) is 6.01 Å². The summed E-state index contributed by atoms with van der Waals surface area (Å²) in [5, 5.41) is 7.75. The first-order valence-electron chi connectivity index (χ1n) is 5.20. The smallest absolute Gasteiger partial charge is 0.335 e. The zero-order valence-electron chi connectivity index (χ0n) is 9.61. The van der Waals surface area contributed by atoms with E-state index >= 15 is 0 Å². The summed E-state index contributed by atoms with van der Waals surface area (Å²) in [6.45, 7) is 0.869. The van der Waals surface area contributed by atoms with Gasteiger partial charge in [-0.1, -0.05) is 23.2 Å². The van der Waals surface area contributed by atoms with Crippen LogP contribution in [0.25, 0.3) is 11.4 Å². The third kappa shape index (κ3) is 3.13. The van der Waals surface area contributed by atoms with Crippen molar-refractivity contribution in [2.75, 3.05) is 20.3 Å². The van der Waals surface area contributed by atoms with Gasteiger partial charge in [0.05, 0.1) is 11.6 Å². The molecule has 0 atom stereocenters. The lowest BCUT2D eigenvalue weighted by atomic mass is 10.2. The standard InChI is InChI=1S/C11H11Cl2N3O2/c1-17-4-5-18-11-14-10(15-16-11)8-3-2-7(12)6-9(8)13/h2-3,6H,4-5H2,1H3,(H,14,15,16). The van der Waals surface area contributed by atoms with E-state index in [0.717, 1.165) is 5.56 Å². The molecule has 0 aliphatic carbocycles. The van der Waals surface area contributed by atoms with Gasteiger partial charge in [-0.25, -0.2) is 0 Å². The molecule has 0 amide bonds. The number of H-pyrrole nitrogens is 1. The van der Waals surface area contributed by atoms with E-state index in [1.165, 1.54) is 0 Å². The fourth-order valence-corrected chi connectivity index (χ4v) is 1.83.